The molecule has 1 aromatic carbocycles. The van der Waals surface area contributed by atoms with Crippen molar-refractivity contribution in [2.24, 2.45) is 5.73 Å². The van der Waals surface area contributed by atoms with E-state index in [4.69, 9.17) is 11.0 Å². The molecule has 0 atom stereocenters. The van der Waals surface area contributed by atoms with Gasteiger partial charge in [0.1, 0.15) is 0 Å². The van der Waals surface area contributed by atoms with Crippen LogP contribution in [0.25, 0.3) is 6.08 Å². The van der Waals surface area contributed by atoms with E-state index >= 15 is 0 Å². The molecule has 94 valence electrons. The molecular formula is C12H9F3N2O. The minimum absolute atomic E-state index is 0.132. The topological polar surface area (TPSA) is 66.9 Å². The third-order valence-electron chi connectivity index (χ3n) is 2.24. The number of alkyl halides is 3. The molecule has 18 heavy (non-hydrogen) atoms. The summed E-state index contributed by atoms with van der Waals surface area (Å²) in [7, 11) is 0. The molecule has 1 rings (SSSR count). The Labute approximate surface area is 101 Å². The van der Waals surface area contributed by atoms with Gasteiger partial charge >= 0.3 is 6.18 Å². The molecule has 1 aromatic rings. The molecule has 0 spiro atoms. The summed E-state index contributed by atoms with van der Waals surface area (Å²) >= 11 is 0. The van der Waals surface area contributed by atoms with Gasteiger partial charge in [0.15, 0.2) is 0 Å². The van der Waals surface area contributed by atoms with Crippen molar-refractivity contribution >= 4 is 12.0 Å². The summed E-state index contributed by atoms with van der Waals surface area (Å²) in [6.45, 7) is 1.40. The molecule has 0 aromatic heterocycles. The maximum atomic E-state index is 12.6. The zero-order valence-corrected chi connectivity index (χ0v) is 9.38. The molecule has 0 aliphatic carbocycles. The Morgan fingerprint density at radius 3 is 2.50 bits per heavy atom. The number of rotatable bonds is 2. The second-order valence-corrected chi connectivity index (χ2v) is 3.61. The van der Waals surface area contributed by atoms with Crippen LogP contribution in [0.1, 0.15) is 23.6 Å². The number of nitrogens with two attached hydrogens (primary N) is 1. The monoisotopic (exact) mass is 254 g/mol. The fourth-order valence-corrected chi connectivity index (χ4v) is 1.30. The lowest BCUT2D eigenvalue weighted by Crippen LogP contribution is -2.11. The number of primary amides is 1. The van der Waals surface area contributed by atoms with Gasteiger partial charge in [-0.15, -0.1) is 0 Å². The molecular weight excluding hydrogens is 245 g/mol. The molecule has 0 aliphatic heterocycles. The number of amides is 1. The number of carbonyl (C=O) groups is 1. The van der Waals surface area contributed by atoms with Gasteiger partial charge in [-0.25, -0.2) is 0 Å². The zero-order chi connectivity index (χ0) is 13.9. The first-order valence-corrected chi connectivity index (χ1v) is 4.85. The van der Waals surface area contributed by atoms with Gasteiger partial charge in [-0.05, 0) is 30.7 Å². The fourth-order valence-electron chi connectivity index (χ4n) is 1.30. The van der Waals surface area contributed by atoms with Gasteiger partial charge in [0.25, 0.3) is 0 Å². The minimum Gasteiger partial charge on any atom is -0.366 e. The number of benzene rings is 1. The van der Waals surface area contributed by atoms with E-state index in [0.29, 0.717) is 0 Å². The van der Waals surface area contributed by atoms with Crippen LogP contribution in [0.15, 0.2) is 23.8 Å². The van der Waals surface area contributed by atoms with Crippen LogP contribution in [-0.2, 0) is 11.0 Å². The average Bonchev–Trinajstić information content (AvgIpc) is 2.27. The Hall–Kier alpha value is -2.29. The molecule has 0 bridgehead atoms. The second kappa shape index (κ2) is 4.92. The number of nitrogens with zero attached hydrogens (tertiary/aromatic N) is 1. The molecule has 0 unspecified atom stereocenters. The van der Waals surface area contributed by atoms with Crippen LogP contribution in [-0.4, -0.2) is 5.91 Å². The smallest absolute Gasteiger partial charge is 0.366 e. The summed E-state index contributed by atoms with van der Waals surface area (Å²) in [5, 5.41) is 8.60. The van der Waals surface area contributed by atoms with Crippen LogP contribution in [0, 0.1) is 11.3 Å². The van der Waals surface area contributed by atoms with E-state index in [-0.39, 0.29) is 11.1 Å². The van der Waals surface area contributed by atoms with E-state index < -0.39 is 23.2 Å². The minimum atomic E-state index is -4.62. The largest absolute Gasteiger partial charge is 0.417 e. The van der Waals surface area contributed by atoms with Crippen molar-refractivity contribution in [1.29, 1.82) is 5.26 Å². The second-order valence-electron chi connectivity index (χ2n) is 3.61. The molecule has 0 saturated heterocycles. The first-order chi connectivity index (χ1) is 8.25. The van der Waals surface area contributed by atoms with Crippen LogP contribution < -0.4 is 5.73 Å². The van der Waals surface area contributed by atoms with E-state index in [0.717, 1.165) is 12.1 Å². The van der Waals surface area contributed by atoms with Gasteiger partial charge in [0, 0.05) is 5.57 Å². The van der Waals surface area contributed by atoms with Crippen LogP contribution in [0.3, 0.4) is 0 Å². The van der Waals surface area contributed by atoms with Crippen molar-refractivity contribution in [3.05, 3.63) is 40.5 Å². The van der Waals surface area contributed by atoms with Gasteiger partial charge in [0.2, 0.25) is 5.91 Å². The first-order valence-electron chi connectivity index (χ1n) is 4.85. The molecule has 1 amide bonds. The summed E-state index contributed by atoms with van der Waals surface area (Å²) in [6.07, 6.45) is -3.38. The van der Waals surface area contributed by atoms with Crippen LogP contribution in [0.4, 0.5) is 13.2 Å². The van der Waals surface area contributed by atoms with Crippen LogP contribution >= 0.6 is 0 Å². The van der Waals surface area contributed by atoms with Gasteiger partial charge < -0.3 is 5.73 Å². The van der Waals surface area contributed by atoms with Crippen molar-refractivity contribution in [3.63, 3.8) is 0 Å². The maximum absolute atomic E-state index is 12.6. The number of hydrogen-bond donors (Lipinski definition) is 1. The lowest BCUT2D eigenvalue weighted by atomic mass is 10.0. The normalized spacial score (nSPS) is 12.1. The number of nitriles is 1. The van der Waals surface area contributed by atoms with Crippen molar-refractivity contribution < 1.29 is 18.0 Å². The highest BCUT2D eigenvalue weighted by Gasteiger charge is 2.33. The summed E-state index contributed by atoms with van der Waals surface area (Å²) in [4.78, 5) is 10.8. The highest BCUT2D eigenvalue weighted by Crippen LogP contribution is 2.32. The van der Waals surface area contributed by atoms with Gasteiger partial charge in [-0.3, -0.25) is 4.79 Å². The predicted molar refractivity (Wildman–Crippen MR) is 59.0 cm³/mol. The number of halogens is 3. The molecule has 2 N–H and O–H groups in total. The lowest BCUT2D eigenvalue weighted by molar-refractivity contribution is -0.137. The third-order valence-corrected chi connectivity index (χ3v) is 2.24. The van der Waals surface area contributed by atoms with Crippen LogP contribution in [0.2, 0.25) is 0 Å². The number of carbonyl (C=O) groups excluding carboxylic acids is 1. The van der Waals surface area contributed by atoms with E-state index in [1.54, 1.807) is 0 Å². The molecule has 0 radical (unpaired) electrons. The quantitative estimate of drug-likeness (QED) is 0.824. The fraction of sp³-hybridized carbons (Fsp3) is 0.167. The Kier molecular flexibility index (Phi) is 3.76. The predicted octanol–water partition coefficient (Wildman–Crippen LogP) is 2.47. The number of hydrogen-bond acceptors (Lipinski definition) is 2. The highest BCUT2D eigenvalue weighted by atomic mass is 19.4. The van der Waals surface area contributed by atoms with Crippen molar-refractivity contribution in [3.8, 4) is 6.07 Å². The average molecular weight is 254 g/mol. The van der Waals surface area contributed by atoms with E-state index in [1.165, 1.54) is 25.1 Å². The Morgan fingerprint density at radius 2 is 2.06 bits per heavy atom. The molecule has 0 saturated carbocycles. The molecule has 0 aliphatic rings. The molecule has 3 nitrogen and oxygen atoms in total. The summed E-state index contributed by atoms with van der Waals surface area (Å²) in [6, 6.07) is 4.66. The summed E-state index contributed by atoms with van der Waals surface area (Å²) in [5.74, 6) is -0.715. The van der Waals surface area contributed by atoms with Crippen molar-refractivity contribution in [1.82, 2.24) is 0 Å². The Bertz CT molecular complexity index is 553. The van der Waals surface area contributed by atoms with Crippen molar-refractivity contribution in [2.45, 2.75) is 13.1 Å². The third kappa shape index (κ3) is 3.10. The standard InChI is InChI=1S/C12H9F3N2O/c1-7(11(17)18)4-8-2-3-9(6-16)10(5-8)12(13,14)15/h2-5H,1H3,(H2,17,18). The lowest BCUT2D eigenvalue weighted by Gasteiger charge is -2.09. The Morgan fingerprint density at radius 1 is 1.44 bits per heavy atom. The van der Waals surface area contributed by atoms with Gasteiger partial charge in [-0.1, -0.05) is 6.07 Å². The van der Waals surface area contributed by atoms with Crippen LogP contribution in [0.5, 0.6) is 0 Å². The van der Waals surface area contributed by atoms with E-state index in [9.17, 15) is 18.0 Å². The van der Waals surface area contributed by atoms with Gasteiger partial charge in [-0.2, -0.15) is 18.4 Å². The molecule has 0 fully saturated rings. The first kappa shape index (κ1) is 13.8. The zero-order valence-electron chi connectivity index (χ0n) is 9.38. The SMILES string of the molecule is CC(=Cc1ccc(C#N)c(C(F)(F)F)c1)C(N)=O. The van der Waals surface area contributed by atoms with E-state index in [1.807, 2.05) is 0 Å². The molecule has 0 heterocycles. The Balaban J connectivity index is 3.33. The highest BCUT2D eigenvalue weighted by molar-refractivity contribution is 5.95. The van der Waals surface area contributed by atoms with Crippen molar-refractivity contribution in [2.75, 3.05) is 0 Å². The maximum Gasteiger partial charge on any atom is 0.417 e. The summed E-state index contributed by atoms with van der Waals surface area (Å²) in [5.41, 5.74) is 3.79. The molecule has 6 heteroatoms. The van der Waals surface area contributed by atoms with Gasteiger partial charge in [0.05, 0.1) is 17.2 Å². The van der Waals surface area contributed by atoms with E-state index in [2.05, 4.69) is 0 Å². The summed E-state index contributed by atoms with van der Waals surface area (Å²) < 4.78 is 37.9.